The molecule has 20 heavy (non-hydrogen) atoms. The largest absolute Gasteiger partial charge is 0.369 e. The molecule has 3 rings (SSSR count). The van der Waals surface area contributed by atoms with Crippen LogP contribution in [0.1, 0.15) is 25.7 Å². The molecule has 0 radical (unpaired) electrons. The minimum absolute atomic E-state index is 0.547. The predicted octanol–water partition coefficient (Wildman–Crippen LogP) is 2.65. The molecule has 0 unspecified atom stereocenters. The van der Waals surface area contributed by atoms with Gasteiger partial charge in [0, 0.05) is 29.8 Å². The fourth-order valence-corrected chi connectivity index (χ4v) is 3.33. The lowest BCUT2D eigenvalue weighted by atomic mass is 10.2. The monoisotopic (exact) mass is 337 g/mol. The van der Waals surface area contributed by atoms with Crippen LogP contribution in [0.5, 0.6) is 0 Å². The van der Waals surface area contributed by atoms with E-state index >= 15 is 0 Å². The van der Waals surface area contributed by atoms with Gasteiger partial charge in [-0.2, -0.15) is 0 Å². The number of imidazole rings is 1. The van der Waals surface area contributed by atoms with Gasteiger partial charge in [0.25, 0.3) is 0 Å². The van der Waals surface area contributed by atoms with Gasteiger partial charge < -0.3 is 10.6 Å². The summed E-state index contributed by atoms with van der Waals surface area (Å²) in [6.45, 7) is 1.82. The van der Waals surface area contributed by atoms with Crippen LogP contribution in [-0.2, 0) is 6.54 Å². The molecule has 0 bridgehead atoms. The van der Waals surface area contributed by atoms with Gasteiger partial charge in [-0.05, 0) is 41.9 Å². The highest BCUT2D eigenvalue weighted by molar-refractivity contribution is 9.10. The van der Waals surface area contributed by atoms with E-state index in [-0.39, 0.29) is 0 Å². The van der Waals surface area contributed by atoms with Gasteiger partial charge in [-0.25, -0.2) is 9.97 Å². The number of pyridine rings is 1. The van der Waals surface area contributed by atoms with Crippen molar-refractivity contribution in [1.82, 2.24) is 19.4 Å². The van der Waals surface area contributed by atoms with Crippen molar-refractivity contribution in [2.24, 2.45) is 0 Å². The summed E-state index contributed by atoms with van der Waals surface area (Å²) in [5, 5.41) is 0. The number of anilines is 1. The molecule has 1 fully saturated rings. The molecule has 5 nitrogen and oxygen atoms in total. The van der Waals surface area contributed by atoms with Crippen molar-refractivity contribution in [1.29, 1.82) is 0 Å². The molecule has 108 valence electrons. The van der Waals surface area contributed by atoms with Crippen LogP contribution in [0.15, 0.2) is 16.7 Å². The number of fused-ring (bicyclic) bond motifs is 1. The lowest BCUT2D eigenvalue weighted by Crippen LogP contribution is -2.32. The Balaban J connectivity index is 1.75. The molecule has 1 aliphatic carbocycles. The Labute approximate surface area is 127 Å². The number of nitrogens with zero attached hydrogens (tertiary/aromatic N) is 4. The molecule has 0 aromatic carbocycles. The normalized spacial score (nSPS) is 16.6. The van der Waals surface area contributed by atoms with Gasteiger partial charge in [0.05, 0.1) is 0 Å². The van der Waals surface area contributed by atoms with Gasteiger partial charge in [0.1, 0.15) is 5.52 Å². The minimum atomic E-state index is 0.547. The Kier molecular flexibility index (Phi) is 3.94. The molecule has 2 aromatic rings. The Hall–Kier alpha value is -1.14. The first kappa shape index (κ1) is 13.8. The first-order valence-corrected chi connectivity index (χ1v) is 7.92. The van der Waals surface area contributed by atoms with Gasteiger partial charge in [0.15, 0.2) is 5.65 Å². The molecular formula is C14H20BrN5. The highest BCUT2D eigenvalue weighted by Crippen LogP contribution is 2.23. The van der Waals surface area contributed by atoms with E-state index in [4.69, 9.17) is 5.73 Å². The molecule has 6 heteroatoms. The average Bonchev–Trinajstić information content (AvgIpc) is 3.03. The molecule has 1 saturated carbocycles. The molecular weight excluding hydrogens is 318 g/mol. The van der Waals surface area contributed by atoms with E-state index < -0.39 is 0 Å². The van der Waals surface area contributed by atoms with Crippen LogP contribution in [0.3, 0.4) is 0 Å². The Morgan fingerprint density at radius 2 is 2.20 bits per heavy atom. The average molecular weight is 338 g/mol. The third-order valence-electron chi connectivity index (χ3n) is 4.21. The number of aromatic nitrogens is 3. The maximum Gasteiger partial charge on any atom is 0.202 e. The summed E-state index contributed by atoms with van der Waals surface area (Å²) in [6, 6.07) is 2.68. The zero-order valence-electron chi connectivity index (χ0n) is 11.7. The van der Waals surface area contributed by atoms with Crippen LogP contribution in [0, 0.1) is 0 Å². The Morgan fingerprint density at radius 1 is 1.45 bits per heavy atom. The SMILES string of the molecule is CN(CCn1c(N)nc2cc(Br)cnc21)C1CCCC1. The zero-order valence-corrected chi connectivity index (χ0v) is 13.3. The molecule has 2 aromatic heterocycles. The van der Waals surface area contributed by atoms with Crippen molar-refractivity contribution in [3.8, 4) is 0 Å². The molecule has 0 saturated heterocycles. The number of likely N-dealkylation sites (N-methyl/N-ethyl adjacent to an activating group) is 1. The summed E-state index contributed by atoms with van der Waals surface area (Å²) < 4.78 is 2.94. The fraction of sp³-hybridized carbons (Fsp3) is 0.571. The predicted molar refractivity (Wildman–Crippen MR) is 84.5 cm³/mol. The second kappa shape index (κ2) is 5.69. The fourth-order valence-electron chi connectivity index (χ4n) is 3.01. The minimum Gasteiger partial charge on any atom is -0.369 e. The molecule has 2 heterocycles. The Morgan fingerprint density at radius 3 is 2.95 bits per heavy atom. The van der Waals surface area contributed by atoms with E-state index in [1.54, 1.807) is 6.20 Å². The van der Waals surface area contributed by atoms with E-state index in [0.717, 1.165) is 34.8 Å². The topological polar surface area (TPSA) is 60.0 Å². The number of hydrogen-bond acceptors (Lipinski definition) is 4. The van der Waals surface area contributed by atoms with Crippen LogP contribution in [0.4, 0.5) is 5.95 Å². The maximum absolute atomic E-state index is 6.02. The van der Waals surface area contributed by atoms with Gasteiger partial charge >= 0.3 is 0 Å². The van der Waals surface area contributed by atoms with Crippen LogP contribution < -0.4 is 5.73 Å². The van der Waals surface area contributed by atoms with Crippen LogP contribution in [0.2, 0.25) is 0 Å². The number of nitrogen functional groups attached to an aromatic ring is 1. The van der Waals surface area contributed by atoms with Crippen molar-refractivity contribution >= 4 is 33.0 Å². The van der Waals surface area contributed by atoms with E-state index in [1.165, 1.54) is 25.7 Å². The van der Waals surface area contributed by atoms with Crippen molar-refractivity contribution in [3.05, 3.63) is 16.7 Å². The summed E-state index contributed by atoms with van der Waals surface area (Å²) in [5.74, 6) is 0.547. The molecule has 0 spiro atoms. The third kappa shape index (κ3) is 2.67. The van der Waals surface area contributed by atoms with Crippen LogP contribution >= 0.6 is 15.9 Å². The van der Waals surface area contributed by atoms with E-state index in [2.05, 4.69) is 37.8 Å². The lowest BCUT2D eigenvalue weighted by Gasteiger charge is -2.24. The molecule has 1 aliphatic rings. The summed E-state index contributed by atoms with van der Waals surface area (Å²) in [4.78, 5) is 11.3. The van der Waals surface area contributed by atoms with Gasteiger partial charge in [-0.3, -0.25) is 4.57 Å². The number of nitrogens with two attached hydrogens (primary N) is 1. The zero-order chi connectivity index (χ0) is 14.1. The van der Waals surface area contributed by atoms with Gasteiger partial charge in [-0.1, -0.05) is 12.8 Å². The summed E-state index contributed by atoms with van der Waals surface area (Å²) in [6.07, 6.45) is 7.16. The third-order valence-corrected chi connectivity index (χ3v) is 4.64. The molecule has 0 aliphatic heterocycles. The number of rotatable bonds is 4. The Bertz CT molecular complexity index is 603. The second-order valence-electron chi connectivity index (χ2n) is 5.54. The van der Waals surface area contributed by atoms with Gasteiger partial charge in [-0.15, -0.1) is 0 Å². The first-order valence-electron chi connectivity index (χ1n) is 7.12. The summed E-state index contributed by atoms with van der Waals surface area (Å²) in [7, 11) is 2.20. The second-order valence-corrected chi connectivity index (χ2v) is 6.45. The maximum atomic E-state index is 6.02. The van der Waals surface area contributed by atoms with Gasteiger partial charge in [0.2, 0.25) is 5.95 Å². The van der Waals surface area contributed by atoms with Crippen molar-refractivity contribution in [2.45, 2.75) is 38.3 Å². The smallest absolute Gasteiger partial charge is 0.202 e. The first-order chi connectivity index (χ1) is 9.65. The number of halogens is 1. The molecule has 2 N–H and O–H groups in total. The standard InChI is InChI=1S/C14H20BrN5/c1-19(11-4-2-3-5-11)6-7-20-13-12(18-14(20)16)8-10(15)9-17-13/h8-9,11H,2-7H2,1H3,(H2,16,18). The van der Waals surface area contributed by atoms with Crippen molar-refractivity contribution in [3.63, 3.8) is 0 Å². The lowest BCUT2D eigenvalue weighted by molar-refractivity contribution is 0.237. The van der Waals surface area contributed by atoms with E-state index in [1.807, 2.05) is 10.6 Å². The molecule has 0 amide bonds. The van der Waals surface area contributed by atoms with E-state index in [0.29, 0.717) is 5.95 Å². The summed E-state index contributed by atoms with van der Waals surface area (Å²) >= 11 is 3.41. The quantitative estimate of drug-likeness (QED) is 0.931. The number of hydrogen-bond donors (Lipinski definition) is 1. The van der Waals surface area contributed by atoms with Crippen molar-refractivity contribution < 1.29 is 0 Å². The van der Waals surface area contributed by atoms with E-state index in [9.17, 15) is 0 Å². The van der Waals surface area contributed by atoms with Crippen LogP contribution in [-0.4, -0.2) is 39.1 Å². The molecule has 0 atom stereocenters. The van der Waals surface area contributed by atoms with Crippen molar-refractivity contribution in [2.75, 3.05) is 19.3 Å². The van der Waals surface area contributed by atoms with Crippen LogP contribution in [0.25, 0.3) is 11.2 Å². The highest BCUT2D eigenvalue weighted by Gasteiger charge is 2.19. The summed E-state index contributed by atoms with van der Waals surface area (Å²) in [5.41, 5.74) is 7.73. The highest BCUT2D eigenvalue weighted by atomic mass is 79.9.